The number of hydrogen-bond acceptors (Lipinski definition) is 4. The van der Waals surface area contributed by atoms with E-state index in [0.29, 0.717) is 17.0 Å². The second-order valence-corrected chi connectivity index (χ2v) is 7.29. The maximum absolute atomic E-state index is 12.9. The van der Waals surface area contributed by atoms with Crippen molar-refractivity contribution in [3.8, 4) is 0 Å². The molecule has 0 radical (unpaired) electrons. The maximum Gasteiger partial charge on any atom is 0.290 e. The van der Waals surface area contributed by atoms with Crippen LogP contribution in [0.1, 0.15) is 32.0 Å². The Kier molecular flexibility index (Phi) is 5.54. The van der Waals surface area contributed by atoms with E-state index in [1.807, 2.05) is 24.3 Å². The van der Waals surface area contributed by atoms with Crippen molar-refractivity contribution < 1.29 is 18.8 Å². The zero-order chi connectivity index (χ0) is 21.1. The monoisotopic (exact) mass is 423 g/mol. The molecule has 0 spiro atoms. The highest BCUT2D eigenvalue weighted by Gasteiger charge is 2.36. The Morgan fingerprint density at radius 2 is 1.67 bits per heavy atom. The molecular weight excluding hydrogens is 406 g/mol. The summed E-state index contributed by atoms with van der Waals surface area (Å²) in [5, 5.41) is 0.503. The Hall–Kier alpha value is -3.58. The van der Waals surface area contributed by atoms with Crippen LogP contribution in [0.2, 0.25) is 5.02 Å². The van der Waals surface area contributed by atoms with Gasteiger partial charge in [-0.3, -0.25) is 25.2 Å². The molecule has 1 unspecified atom stereocenters. The molecule has 8 heteroatoms. The quantitative estimate of drug-likeness (QED) is 0.633. The molecule has 2 heterocycles. The molecule has 1 atom stereocenters. The van der Waals surface area contributed by atoms with E-state index >= 15 is 0 Å². The Balaban J connectivity index is 1.51. The van der Waals surface area contributed by atoms with Gasteiger partial charge in [0.2, 0.25) is 0 Å². The topological polar surface area (TPSA) is 91.7 Å². The Morgan fingerprint density at radius 3 is 2.37 bits per heavy atom. The van der Waals surface area contributed by atoms with E-state index in [2.05, 4.69) is 10.9 Å². The molecule has 2 N–H and O–H groups in total. The summed E-state index contributed by atoms with van der Waals surface area (Å²) < 4.78 is 5.23. The van der Waals surface area contributed by atoms with Crippen LogP contribution in [-0.4, -0.2) is 28.7 Å². The number of hydrazine groups is 1. The van der Waals surface area contributed by atoms with E-state index in [1.54, 1.807) is 36.4 Å². The molecule has 152 valence electrons. The Bertz CT molecular complexity index is 1080. The average Bonchev–Trinajstić information content (AvgIpc) is 3.31. The lowest BCUT2D eigenvalue weighted by molar-refractivity contribution is -0.127. The number of nitrogens with one attached hydrogen (secondary N) is 2. The Labute approximate surface area is 177 Å². The number of benzene rings is 2. The van der Waals surface area contributed by atoms with E-state index in [1.165, 1.54) is 11.2 Å². The number of hydrogen-bond donors (Lipinski definition) is 2. The second kappa shape index (κ2) is 8.42. The number of carbonyl (C=O) groups excluding carboxylic acids is 3. The summed E-state index contributed by atoms with van der Waals surface area (Å²) in [6.45, 7) is 0.263. The molecule has 1 aliphatic rings. The molecule has 4 rings (SSSR count). The molecule has 0 bridgehead atoms. The maximum atomic E-state index is 12.9. The van der Waals surface area contributed by atoms with Gasteiger partial charge in [-0.2, -0.15) is 0 Å². The highest BCUT2D eigenvalue weighted by atomic mass is 35.5. The molecule has 0 fully saturated rings. The van der Waals surface area contributed by atoms with E-state index in [9.17, 15) is 14.4 Å². The number of nitrogens with zero attached hydrogens (tertiary/aromatic N) is 1. The van der Waals surface area contributed by atoms with Crippen molar-refractivity contribution in [3.05, 3.63) is 94.4 Å². The van der Waals surface area contributed by atoms with Gasteiger partial charge in [0.05, 0.1) is 6.26 Å². The van der Waals surface area contributed by atoms with E-state index in [0.717, 1.165) is 11.1 Å². The zero-order valence-corrected chi connectivity index (χ0v) is 16.6. The number of rotatable bonds is 3. The summed E-state index contributed by atoms with van der Waals surface area (Å²) in [4.78, 5) is 39.6. The standard InChI is InChI=1S/C22H18ClN3O4/c23-17-9-7-14(8-10-17)20(27)24-25-21(28)18-12-15-4-1-2-5-16(15)13-26(18)22(29)19-6-3-11-30-19/h1-11,18H,12-13H2,(H,24,27)(H,25,28). The van der Waals surface area contributed by atoms with Crippen LogP contribution in [0.15, 0.2) is 71.3 Å². The van der Waals surface area contributed by atoms with Crippen LogP contribution in [0, 0.1) is 0 Å². The lowest BCUT2D eigenvalue weighted by Gasteiger charge is -2.35. The molecule has 30 heavy (non-hydrogen) atoms. The normalized spacial score (nSPS) is 15.2. The molecule has 0 saturated heterocycles. The van der Waals surface area contributed by atoms with Gasteiger partial charge in [-0.15, -0.1) is 0 Å². The van der Waals surface area contributed by atoms with Crippen LogP contribution in [-0.2, 0) is 17.8 Å². The van der Waals surface area contributed by atoms with Crippen molar-refractivity contribution in [3.63, 3.8) is 0 Å². The average molecular weight is 424 g/mol. The van der Waals surface area contributed by atoms with Crippen molar-refractivity contribution in [1.29, 1.82) is 0 Å². The fourth-order valence-electron chi connectivity index (χ4n) is 3.39. The minimum atomic E-state index is -0.803. The second-order valence-electron chi connectivity index (χ2n) is 6.85. The number of halogens is 1. The van der Waals surface area contributed by atoms with Gasteiger partial charge in [0, 0.05) is 23.6 Å². The Morgan fingerprint density at radius 1 is 0.933 bits per heavy atom. The summed E-state index contributed by atoms with van der Waals surface area (Å²) in [6, 6.07) is 16.3. The number of fused-ring (bicyclic) bond motifs is 1. The smallest absolute Gasteiger partial charge is 0.290 e. The van der Waals surface area contributed by atoms with Crippen molar-refractivity contribution in [2.75, 3.05) is 0 Å². The predicted octanol–water partition coefficient (Wildman–Crippen LogP) is 2.96. The fraction of sp³-hybridized carbons (Fsp3) is 0.136. The fourth-order valence-corrected chi connectivity index (χ4v) is 3.51. The van der Waals surface area contributed by atoms with Gasteiger partial charge in [0.25, 0.3) is 17.7 Å². The highest BCUT2D eigenvalue weighted by molar-refractivity contribution is 6.30. The van der Waals surface area contributed by atoms with Gasteiger partial charge < -0.3 is 9.32 Å². The summed E-state index contributed by atoms with van der Waals surface area (Å²) in [6.07, 6.45) is 1.73. The van der Waals surface area contributed by atoms with Crippen LogP contribution in [0.5, 0.6) is 0 Å². The lowest BCUT2D eigenvalue weighted by Crippen LogP contribution is -2.56. The summed E-state index contributed by atoms with van der Waals surface area (Å²) in [7, 11) is 0. The molecule has 1 aromatic heterocycles. The lowest BCUT2D eigenvalue weighted by atomic mass is 9.93. The van der Waals surface area contributed by atoms with Crippen LogP contribution >= 0.6 is 11.6 Å². The van der Waals surface area contributed by atoms with Gasteiger partial charge in [-0.25, -0.2) is 0 Å². The van der Waals surface area contributed by atoms with Crippen LogP contribution in [0.3, 0.4) is 0 Å². The van der Waals surface area contributed by atoms with Gasteiger partial charge in [0.15, 0.2) is 5.76 Å². The van der Waals surface area contributed by atoms with E-state index in [4.69, 9.17) is 16.0 Å². The molecular formula is C22H18ClN3O4. The van der Waals surface area contributed by atoms with E-state index in [-0.39, 0.29) is 12.3 Å². The summed E-state index contributed by atoms with van der Waals surface area (Å²) in [5.41, 5.74) is 7.11. The first-order valence-corrected chi connectivity index (χ1v) is 9.68. The SMILES string of the molecule is O=C(NNC(=O)C1Cc2ccccc2CN1C(=O)c1ccco1)c1ccc(Cl)cc1. The van der Waals surface area contributed by atoms with Crippen molar-refractivity contribution in [2.45, 2.75) is 19.0 Å². The number of carbonyl (C=O) groups is 3. The molecule has 7 nitrogen and oxygen atoms in total. The third kappa shape index (κ3) is 4.06. The van der Waals surface area contributed by atoms with Crippen molar-refractivity contribution in [2.24, 2.45) is 0 Å². The highest BCUT2D eigenvalue weighted by Crippen LogP contribution is 2.25. The first-order chi connectivity index (χ1) is 14.5. The summed E-state index contributed by atoms with van der Waals surface area (Å²) in [5.74, 6) is -1.22. The van der Waals surface area contributed by atoms with Gasteiger partial charge >= 0.3 is 0 Å². The first kappa shape index (κ1) is 19.7. The molecule has 3 amide bonds. The predicted molar refractivity (Wildman–Crippen MR) is 110 cm³/mol. The zero-order valence-electron chi connectivity index (χ0n) is 15.8. The number of amides is 3. The van der Waals surface area contributed by atoms with Gasteiger partial charge in [-0.05, 0) is 47.5 Å². The molecule has 3 aromatic rings. The minimum absolute atomic E-state index is 0.150. The minimum Gasteiger partial charge on any atom is -0.459 e. The third-order valence-electron chi connectivity index (χ3n) is 4.95. The number of furan rings is 1. The van der Waals surface area contributed by atoms with Gasteiger partial charge in [-0.1, -0.05) is 35.9 Å². The van der Waals surface area contributed by atoms with Crippen LogP contribution < -0.4 is 10.9 Å². The van der Waals surface area contributed by atoms with Crippen molar-refractivity contribution in [1.82, 2.24) is 15.8 Å². The molecule has 0 aliphatic carbocycles. The van der Waals surface area contributed by atoms with Crippen LogP contribution in [0.4, 0.5) is 0 Å². The largest absolute Gasteiger partial charge is 0.459 e. The first-order valence-electron chi connectivity index (χ1n) is 9.30. The summed E-state index contributed by atoms with van der Waals surface area (Å²) >= 11 is 5.83. The van der Waals surface area contributed by atoms with Gasteiger partial charge in [0.1, 0.15) is 6.04 Å². The van der Waals surface area contributed by atoms with Crippen molar-refractivity contribution >= 4 is 29.3 Å². The molecule has 1 aliphatic heterocycles. The third-order valence-corrected chi connectivity index (χ3v) is 5.20. The molecule has 2 aromatic carbocycles. The van der Waals surface area contributed by atoms with Crippen LogP contribution in [0.25, 0.3) is 0 Å². The van der Waals surface area contributed by atoms with E-state index < -0.39 is 23.8 Å². The molecule has 0 saturated carbocycles.